The topological polar surface area (TPSA) is 47.0 Å². The Bertz CT molecular complexity index is 341. The molecular formula is C13H23N3O. The maximum atomic E-state index is 5.64. The van der Waals surface area contributed by atoms with Crippen molar-refractivity contribution in [2.24, 2.45) is 0 Å². The summed E-state index contributed by atoms with van der Waals surface area (Å²) in [5.74, 6) is 0. The molecule has 1 heterocycles. The van der Waals surface area contributed by atoms with Crippen molar-refractivity contribution >= 4 is 0 Å². The molecule has 1 rings (SSSR count). The van der Waals surface area contributed by atoms with Crippen molar-refractivity contribution in [1.29, 1.82) is 0 Å². The molecule has 0 fully saturated rings. The molecule has 1 aromatic heterocycles. The summed E-state index contributed by atoms with van der Waals surface area (Å²) < 4.78 is 5.64. The monoisotopic (exact) mass is 237 g/mol. The predicted molar refractivity (Wildman–Crippen MR) is 69.0 cm³/mol. The van der Waals surface area contributed by atoms with Gasteiger partial charge in [0.25, 0.3) is 0 Å². The van der Waals surface area contributed by atoms with Crippen LogP contribution in [0.1, 0.15) is 43.3 Å². The van der Waals surface area contributed by atoms with E-state index in [4.69, 9.17) is 4.74 Å². The fourth-order valence-corrected chi connectivity index (χ4v) is 1.77. The van der Waals surface area contributed by atoms with Gasteiger partial charge < -0.3 is 10.1 Å². The molecule has 96 valence electrons. The molecule has 1 unspecified atom stereocenters. The van der Waals surface area contributed by atoms with Crippen molar-refractivity contribution in [3.63, 3.8) is 0 Å². The Balaban J connectivity index is 2.77. The third-order valence-electron chi connectivity index (χ3n) is 2.60. The van der Waals surface area contributed by atoms with E-state index < -0.39 is 0 Å². The molecule has 0 bridgehead atoms. The molecule has 1 atom stereocenters. The van der Waals surface area contributed by atoms with E-state index in [2.05, 4.69) is 35.4 Å². The fraction of sp³-hybridized carbons (Fsp3) is 0.692. The van der Waals surface area contributed by atoms with Crippen molar-refractivity contribution in [3.8, 4) is 0 Å². The second-order valence-corrected chi connectivity index (χ2v) is 4.21. The summed E-state index contributed by atoms with van der Waals surface area (Å²) >= 11 is 0. The van der Waals surface area contributed by atoms with Gasteiger partial charge in [0.2, 0.25) is 0 Å². The summed E-state index contributed by atoms with van der Waals surface area (Å²) in [7, 11) is 0. The van der Waals surface area contributed by atoms with Crippen molar-refractivity contribution in [1.82, 2.24) is 15.5 Å². The molecule has 0 spiro atoms. The molecular weight excluding hydrogens is 214 g/mol. The van der Waals surface area contributed by atoms with Gasteiger partial charge in [0, 0.05) is 6.61 Å². The first-order valence-electron chi connectivity index (χ1n) is 6.31. The lowest BCUT2D eigenvalue weighted by Gasteiger charge is -2.19. The average molecular weight is 237 g/mol. The number of hydrogen-bond donors (Lipinski definition) is 1. The van der Waals surface area contributed by atoms with Crippen molar-refractivity contribution in [2.75, 3.05) is 19.8 Å². The minimum Gasteiger partial charge on any atom is -0.379 e. The molecule has 17 heavy (non-hydrogen) atoms. The molecule has 0 aliphatic heterocycles. The van der Waals surface area contributed by atoms with Gasteiger partial charge in [0.15, 0.2) is 0 Å². The molecule has 0 saturated carbocycles. The highest BCUT2D eigenvalue weighted by molar-refractivity contribution is 5.23. The quantitative estimate of drug-likeness (QED) is 0.738. The number of rotatable bonds is 7. The van der Waals surface area contributed by atoms with Crippen LogP contribution >= 0.6 is 0 Å². The molecule has 0 radical (unpaired) electrons. The highest BCUT2D eigenvalue weighted by atomic mass is 16.5. The largest absolute Gasteiger partial charge is 0.379 e. The lowest BCUT2D eigenvalue weighted by atomic mass is 10.1. The summed E-state index contributed by atoms with van der Waals surface area (Å²) in [6.45, 7) is 10.6. The fourth-order valence-electron chi connectivity index (χ4n) is 1.77. The predicted octanol–water partition coefficient (Wildman–Crippen LogP) is 2.17. The van der Waals surface area contributed by atoms with Crippen LogP contribution in [-0.2, 0) is 4.74 Å². The van der Waals surface area contributed by atoms with Crippen LogP contribution in [0.25, 0.3) is 0 Å². The highest BCUT2D eigenvalue weighted by Gasteiger charge is 2.14. The van der Waals surface area contributed by atoms with E-state index in [9.17, 15) is 0 Å². The van der Waals surface area contributed by atoms with Crippen molar-refractivity contribution < 1.29 is 4.74 Å². The molecule has 0 aliphatic rings. The number of aryl methyl sites for hydroxylation is 2. The van der Waals surface area contributed by atoms with E-state index in [0.717, 1.165) is 31.0 Å². The number of nitrogens with one attached hydrogen (secondary N) is 1. The number of likely N-dealkylation sites (N-methyl/N-ethyl adjacent to an activating group) is 1. The minimum atomic E-state index is 0.209. The molecule has 1 aromatic rings. The molecule has 0 amide bonds. The molecule has 0 saturated heterocycles. The van der Waals surface area contributed by atoms with Gasteiger partial charge in [0.1, 0.15) is 0 Å². The molecule has 1 N–H and O–H groups in total. The maximum Gasteiger partial charge on any atom is 0.0662 e. The SMILES string of the molecule is CCCOCC(NCC)c1cc(C)nnc1C. The lowest BCUT2D eigenvalue weighted by Crippen LogP contribution is -2.26. The Kier molecular flexibility index (Phi) is 6.08. The standard InChI is InChI=1S/C13H23N3O/c1-5-7-17-9-13(14-6-2)12-8-10(3)15-16-11(12)4/h8,13-14H,5-7,9H2,1-4H3. The van der Waals surface area contributed by atoms with Gasteiger partial charge in [-0.3, -0.25) is 0 Å². The van der Waals surface area contributed by atoms with E-state index in [-0.39, 0.29) is 6.04 Å². The Morgan fingerprint density at radius 1 is 1.29 bits per heavy atom. The van der Waals surface area contributed by atoms with Gasteiger partial charge in [0.05, 0.1) is 24.0 Å². The zero-order valence-electron chi connectivity index (χ0n) is 11.3. The normalized spacial score (nSPS) is 12.7. The summed E-state index contributed by atoms with van der Waals surface area (Å²) in [5, 5.41) is 11.7. The van der Waals surface area contributed by atoms with Crippen molar-refractivity contribution in [2.45, 2.75) is 40.2 Å². The third-order valence-corrected chi connectivity index (χ3v) is 2.60. The Labute approximate surface area is 104 Å². The smallest absolute Gasteiger partial charge is 0.0662 e. The van der Waals surface area contributed by atoms with Crippen LogP contribution in [-0.4, -0.2) is 30.0 Å². The Hall–Kier alpha value is -1.00. The Morgan fingerprint density at radius 2 is 2.06 bits per heavy atom. The average Bonchev–Trinajstić information content (AvgIpc) is 2.32. The van der Waals surface area contributed by atoms with Crippen LogP contribution in [0.3, 0.4) is 0 Å². The second-order valence-electron chi connectivity index (χ2n) is 4.21. The van der Waals surface area contributed by atoms with Crippen LogP contribution in [0.4, 0.5) is 0 Å². The van der Waals surface area contributed by atoms with Crippen LogP contribution in [0, 0.1) is 13.8 Å². The summed E-state index contributed by atoms with van der Waals surface area (Å²) in [5.41, 5.74) is 3.11. The summed E-state index contributed by atoms with van der Waals surface area (Å²) in [6.07, 6.45) is 1.05. The number of aromatic nitrogens is 2. The first-order valence-corrected chi connectivity index (χ1v) is 6.31. The van der Waals surface area contributed by atoms with Gasteiger partial charge in [-0.2, -0.15) is 10.2 Å². The van der Waals surface area contributed by atoms with E-state index in [0.29, 0.717) is 6.61 Å². The zero-order chi connectivity index (χ0) is 12.7. The van der Waals surface area contributed by atoms with Gasteiger partial charge in [-0.05, 0) is 38.4 Å². The van der Waals surface area contributed by atoms with Crippen LogP contribution in [0.2, 0.25) is 0 Å². The lowest BCUT2D eigenvalue weighted by molar-refractivity contribution is 0.112. The van der Waals surface area contributed by atoms with Gasteiger partial charge in [-0.25, -0.2) is 0 Å². The number of hydrogen-bond acceptors (Lipinski definition) is 4. The van der Waals surface area contributed by atoms with E-state index in [1.54, 1.807) is 0 Å². The second kappa shape index (κ2) is 7.35. The molecule has 0 aliphatic carbocycles. The van der Waals surface area contributed by atoms with E-state index >= 15 is 0 Å². The number of ether oxygens (including phenoxy) is 1. The molecule has 4 heteroatoms. The van der Waals surface area contributed by atoms with E-state index in [1.807, 2.05) is 13.8 Å². The van der Waals surface area contributed by atoms with Crippen LogP contribution in [0.5, 0.6) is 0 Å². The zero-order valence-corrected chi connectivity index (χ0v) is 11.3. The summed E-state index contributed by atoms with van der Waals surface area (Å²) in [4.78, 5) is 0. The van der Waals surface area contributed by atoms with E-state index in [1.165, 1.54) is 5.56 Å². The maximum absolute atomic E-state index is 5.64. The summed E-state index contributed by atoms with van der Waals surface area (Å²) in [6, 6.07) is 2.30. The van der Waals surface area contributed by atoms with Crippen LogP contribution in [0.15, 0.2) is 6.07 Å². The van der Waals surface area contributed by atoms with Crippen molar-refractivity contribution in [3.05, 3.63) is 23.0 Å². The van der Waals surface area contributed by atoms with Gasteiger partial charge in [-0.1, -0.05) is 13.8 Å². The number of nitrogens with zero attached hydrogens (tertiary/aromatic N) is 2. The minimum absolute atomic E-state index is 0.209. The Morgan fingerprint density at radius 3 is 2.71 bits per heavy atom. The van der Waals surface area contributed by atoms with Gasteiger partial charge in [-0.15, -0.1) is 0 Å². The molecule has 0 aromatic carbocycles. The van der Waals surface area contributed by atoms with Gasteiger partial charge >= 0.3 is 0 Å². The highest BCUT2D eigenvalue weighted by Crippen LogP contribution is 2.16. The molecule has 4 nitrogen and oxygen atoms in total. The first-order chi connectivity index (χ1) is 8.19. The van der Waals surface area contributed by atoms with Crippen LogP contribution < -0.4 is 5.32 Å². The third kappa shape index (κ3) is 4.40. The first kappa shape index (κ1) is 14.1.